The molecule has 1 N–H and O–H groups in total. The van der Waals surface area contributed by atoms with E-state index in [0.717, 1.165) is 6.26 Å². The molecule has 1 amide bonds. The van der Waals surface area contributed by atoms with Crippen molar-refractivity contribution in [1.29, 1.82) is 0 Å². The van der Waals surface area contributed by atoms with Gasteiger partial charge in [0.15, 0.2) is 7.85 Å². The summed E-state index contributed by atoms with van der Waals surface area (Å²) in [4.78, 5) is 19.1. The molecule has 0 radical (unpaired) electrons. The maximum absolute atomic E-state index is 11.6. The van der Waals surface area contributed by atoms with Gasteiger partial charge in [-0.25, -0.2) is 23.2 Å². The molecule has 9 heteroatoms. The van der Waals surface area contributed by atoms with E-state index in [-0.39, 0.29) is 5.16 Å². The van der Waals surface area contributed by atoms with E-state index in [1.54, 1.807) is 28.6 Å². The van der Waals surface area contributed by atoms with E-state index in [2.05, 4.69) is 15.3 Å². The summed E-state index contributed by atoms with van der Waals surface area (Å²) in [6.45, 7) is 5.22. The van der Waals surface area contributed by atoms with Crippen LogP contribution in [0.5, 0.6) is 0 Å². The summed E-state index contributed by atoms with van der Waals surface area (Å²) in [5, 5.41) is 2.19. The van der Waals surface area contributed by atoms with E-state index < -0.39 is 21.5 Å². The van der Waals surface area contributed by atoms with Crippen molar-refractivity contribution >= 4 is 35.1 Å². The molecule has 0 aliphatic carbocycles. The van der Waals surface area contributed by atoms with Gasteiger partial charge in [-0.15, -0.1) is 0 Å². The minimum Gasteiger partial charge on any atom is -0.444 e. The molecule has 104 valence electrons. The number of carbonyl (C=O) groups excluding carboxylic acids is 1. The van der Waals surface area contributed by atoms with Crippen LogP contribution >= 0.6 is 0 Å². The minimum atomic E-state index is -3.47. The molecule has 0 saturated carbocycles. The van der Waals surface area contributed by atoms with Gasteiger partial charge in [0.2, 0.25) is 15.0 Å². The molecule has 0 aliphatic rings. The molecule has 0 spiro atoms. The van der Waals surface area contributed by atoms with Crippen molar-refractivity contribution in [1.82, 2.24) is 9.97 Å². The van der Waals surface area contributed by atoms with Gasteiger partial charge in [-0.05, 0) is 20.8 Å². The Morgan fingerprint density at radius 2 is 2.00 bits per heavy atom. The number of nitrogens with zero attached hydrogens (tertiary/aromatic N) is 2. The lowest BCUT2D eigenvalue weighted by Crippen LogP contribution is -2.30. The minimum absolute atomic E-state index is 0.278. The smallest absolute Gasteiger partial charge is 0.412 e. The number of hydrogen-bond donors (Lipinski definition) is 1. The molecule has 0 bridgehead atoms. The maximum Gasteiger partial charge on any atom is 0.412 e. The van der Waals surface area contributed by atoms with Crippen molar-refractivity contribution in [3.63, 3.8) is 0 Å². The van der Waals surface area contributed by atoms with Crippen LogP contribution in [-0.2, 0) is 14.6 Å². The van der Waals surface area contributed by atoms with E-state index in [4.69, 9.17) is 4.74 Å². The van der Waals surface area contributed by atoms with Crippen LogP contribution in [0.4, 0.5) is 10.5 Å². The fourth-order valence-electron chi connectivity index (χ4n) is 1.16. The van der Waals surface area contributed by atoms with Gasteiger partial charge in [-0.3, -0.25) is 5.32 Å². The summed E-state index contributed by atoms with van der Waals surface area (Å²) < 4.78 is 27.6. The molecule has 0 saturated heterocycles. The first-order valence-corrected chi connectivity index (χ1v) is 7.42. The van der Waals surface area contributed by atoms with E-state index in [1.807, 2.05) is 0 Å². The Morgan fingerprint density at radius 1 is 1.42 bits per heavy atom. The van der Waals surface area contributed by atoms with Crippen LogP contribution in [0, 0.1) is 0 Å². The fourth-order valence-corrected chi connectivity index (χ4v) is 1.71. The molecule has 7 nitrogen and oxygen atoms in total. The van der Waals surface area contributed by atoms with Crippen LogP contribution in [0.15, 0.2) is 11.4 Å². The van der Waals surface area contributed by atoms with Gasteiger partial charge in [0, 0.05) is 11.8 Å². The highest BCUT2D eigenvalue weighted by Gasteiger charge is 2.18. The number of ether oxygens (including phenoxy) is 1. The quantitative estimate of drug-likeness (QED) is 0.580. The Labute approximate surface area is 113 Å². The number of hydrogen-bond acceptors (Lipinski definition) is 6. The monoisotopic (exact) mass is 285 g/mol. The summed E-state index contributed by atoms with van der Waals surface area (Å²) in [5.41, 5.74) is 0.0360. The number of nitrogens with one attached hydrogen (secondary N) is 1. The summed E-state index contributed by atoms with van der Waals surface area (Å²) in [5.74, 6) is 0. The van der Waals surface area contributed by atoms with Crippen LogP contribution in [-0.4, -0.2) is 44.2 Å². The number of amides is 1. The first kappa shape index (κ1) is 15.4. The fraction of sp³-hybridized carbons (Fsp3) is 0.500. The van der Waals surface area contributed by atoms with E-state index in [0.29, 0.717) is 11.3 Å². The van der Waals surface area contributed by atoms with E-state index >= 15 is 0 Å². The van der Waals surface area contributed by atoms with Gasteiger partial charge in [-0.2, -0.15) is 0 Å². The maximum atomic E-state index is 11.6. The van der Waals surface area contributed by atoms with Crippen molar-refractivity contribution in [3.8, 4) is 0 Å². The van der Waals surface area contributed by atoms with Crippen LogP contribution in [0.25, 0.3) is 0 Å². The molecule has 1 heterocycles. The van der Waals surface area contributed by atoms with Crippen LogP contribution in [0.3, 0.4) is 0 Å². The predicted molar refractivity (Wildman–Crippen MR) is 73.2 cm³/mol. The van der Waals surface area contributed by atoms with Crippen molar-refractivity contribution in [2.45, 2.75) is 31.5 Å². The van der Waals surface area contributed by atoms with Gasteiger partial charge in [0.1, 0.15) is 5.60 Å². The van der Waals surface area contributed by atoms with Crippen LogP contribution in [0.1, 0.15) is 20.8 Å². The third-order valence-corrected chi connectivity index (χ3v) is 2.78. The zero-order valence-corrected chi connectivity index (χ0v) is 12.3. The van der Waals surface area contributed by atoms with Gasteiger partial charge in [-0.1, -0.05) is 0 Å². The molecule has 0 atom stereocenters. The highest BCUT2D eigenvalue weighted by Crippen LogP contribution is 2.10. The van der Waals surface area contributed by atoms with Crippen molar-refractivity contribution in [3.05, 3.63) is 6.20 Å². The number of sulfone groups is 1. The molecule has 0 aliphatic heterocycles. The summed E-state index contributed by atoms with van der Waals surface area (Å²) in [6, 6.07) is 0. The highest BCUT2D eigenvalue weighted by atomic mass is 32.2. The Kier molecular flexibility index (Phi) is 4.19. The van der Waals surface area contributed by atoms with E-state index in [1.165, 1.54) is 6.20 Å². The predicted octanol–water partition coefficient (Wildman–Crippen LogP) is -0.514. The molecule has 0 unspecified atom stereocenters. The van der Waals surface area contributed by atoms with Crippen LogP contribution in [0.2, 0.25) is 0 Å². The Morgan fingerprint density at radius 3 is 2.42 bits per heavy atom. The molecular weight excluding hydrogens is 269 g/mol. The second kappa shape index (κ2) is 5.16. The van der Waals surface area contributed by atoms with Gasteiger partial charge >= 0.3 is 6.09 Å². The lowest BCUT2D eigenvalue weighted by atomic mass is 10.0. The second-order valence-electron chi connectivity index (χ2n) is 5.05. The van der Waals surface area contributed by atoms with Gasteiger partial charge < -0.3 is 4.74 Å². The van der Waals surface area contributed by atoms with Gasteiger partial charge in [0.05, 0.1) is 11.9 Å². The van der Waals surface area contributed by atoms with Crippen molar-refractivity contribution < 1.29 is 17.9 Å². The first-order chi connectivity index (χ1) is 8.49. The SMILES string of the molecule is Bc1nc(S(C)(=O)=O)ncc1NC(=O)OC(C)(C)C. The molecule has 0 fully saturated rings. The number of rotatable bonds is 2. The largest absolute Gasteiger partial charge is 0.444 e. The van der Waals surface area contributed by atoms with Gasteiger partial charge in [0.25, 0.3) is 0 Å². The molecule has 19 heavy (non-hydrogen) atoms. The Bertz CT molecular complexity index is 595. The van der Waals surface area contributed by atoms with E-state index in [9.17, 15) is 13.2 Å². The average Bonchev–Trinajstić information content (AvgIpc) is 2.16. The van der Waals surface area contributed by atoms with Crippen molar-refractivity contribution in [2.24, 2.45) is 0 Å². The topological polar surface area (TPSA) is 98.3 Å². The third kappa shape index (κ3) is 4.86. The molecule has 1 rings (SSSR count). The molecule has 1 aromatic heterocycles. The molecular formula is C10H16BN3O4S. The zero-order chi connectivity index (χ0) is 14.8. The number of aromatic nitrogens is 2. The number of anilines is 1. The summed E-state index contributed by atoms with van der Waals surface area (Å²) >= 11 is 0. The molecule has 0 aromatic carbocycles. The van der Waals surface area contributed by atoms with Crippen LogP contribution < -0.4 is 10.9 Å². The molecule has 1 aromatic rings. The first-order valence-electron chi connectivity index (χ1n) is 5.53. The average molecular weight is 285 g/mol. The lowest BCUT2D eigenvalue weighted by molar-refractivity contribution is 0.0636. The number of carbonyl (C=O) groups is 1. The lowest BCUT2D eigenvalue weighted by Gasteiger charge is -2.20. The van der Waals surface area contributed by atoms with Crippen molar-refractivity contribution in [2.75, 3.05) is 11.6 Å². The Balaban J connectivity index is 2.90. The standard InChI is InChI=1S/C10H16BN3O4S/c1-10(2,3)18-9(15)13-6-5-12-8(14-7(6)11)19(4,16)17/h5H,11H2,1-4H3,(H,13,15). The third-order valence-electron chi connectivity index (χ3n) is 1.92. The second-order valence-corrected chi connectivity index (χ2v) is 6.96. The Hall–Kier alpha value is -1.64. The summed E-state index contributed by atoms with van der Waals surface area (Å²) in [7, 11) is -1.89. The highest BCUT2D eigenvalue weighted by molar-refractivity contribution is 7.90. The normalized spacial score (nSPS) is 12.0. The summed E-state index contributed by atoms with van der Waals surface area (Å²) in [6.07, 6.45) is 1.61. The zero-order valence-electron chi connectivity index (χ0n) is 11.5.